The van der Waals surface area contributed by atoms with Crippen LogP contribution >= 0.6 is 11.6 Å². The third kappa shape index (κ3) is 5.39. The SMILES string of the molecule is COc1cc(OC)c(S(=O)(=O)Cc2ccc(C)c(C(=O)N3CCN(c4ncccn4)CC3)c2)cc1Cl. The number of rotatable bonds is 7. The number of sulfone groups is 1. The minimum absolute atomic E-state index is 0.0384. The first-order valence-corrected chi connectivity index (χ1v) is 13.3. The van der Waals surface area contributed by atoms with E-state index in [9.17, 15) is 13.2 Å². The topological polar surface area (TPSA) is 102 Å². The van der Waals surface area contributed by atoms with Gasteiger partial charge in [-0.2, -0.15) is 0 Å². The maximum Gasteiger partial charge on any atom is 0.254 e. The van der Waals surface area contributed by atoms with Crippen molar-refractivity contribution >= 4 is 33.3 Å². The molecular formula is C25H27ClN4O5S. The lowest BCUT2D eigenvalue weighted by Gasteiger charge is -2.35. The number of carbonyl (C=O) groups excluding carboxylic acids is 1. The van der Waals surface area contributed by atoms with Gasteiger partial charge in [0.25, 0.3) is 5.91 Å². The summed E-state index contributed by atoms with van der Waals surface area (Å²) in [6, 6.07) is 9.67. The summed E-state index contributed by atoms with van der Waals surface area (Å²) in [6.07, 6.45) is 3.39. The molecule has 0 saturated carbocycles. The first-order chi connectivity index (χ1) is 17.2. The van der Waals surface area contributed by atoms with Crippen molar-refractivity contribution in [2.75, 3.05) is 45.3 Å². The molecule has 1 fully saturated rings. The Bertz CT molecular complexity index is 1360. The molecular weight excluding hydrogens is 504 g/mol. The summed E-state index contributed by atoms with van der Waals surface area (Å²) in [4.78, 5) is 25.7. The first-order valence-electron chi connectivity index (χ1n) is 11.3. The predicted octanol–water partition coefficient (Wildman–Crippen LogP) is 3.39. The third-order valence-electron chi connectivity index (χ3n) is 6.06. The number of hydrogen-bond acceptors (Lipinski definition) is 8. The zero-order chi connectivity index (χ0) is 25.9. The molecule has 36 heavy (non-hydrogen) atoms. The molecule has 9 nitrogen and oxygen atoms in total. The Balaban J connectivity index is 1.53. The molecule has 0 N–H and O–H groups in total. The van der Waals surface area contributed by atoms with E-state index in [4.69, 9.17) is 21.1 Å². The summed E-state index contributed by atoms with van der Waals surface area (Å²) in [5, 5.41) is 0.164. The lowest BCUT2D eigenvalue weighted by atomic mass is 10.0. The van der Waals surface area contributed by atoms with Crippen molar-refractivity contribution in [2.45, 2.75) is 17.6 Å². The van der Waals surface area contributed by atoms with Crippen LogP contribution in [0.4, 0.5) is 5.95 Å². The van der Waals surface area contributed by atoms with Gasteiger partial charge in [0.2, 0.25) is 5.95 Å². The second-order valence-corrected chi connectivity index (χ2v) is 10.7. The van der Waals surface area contributed by atoms with Crippen molar-refractivity contribution in [3.05, 3.63) is 70.5 Å². The Morgan fingerprint density at radius 1 is 1.00 bits per heavy atom. The highest BCUT2D eigenvalue weighted by atomic mass is 35.5. The molecule has 0 spiro atoms. The Kier molecular flexibility index (Phi) is 7.65. The van der Waals surface area contributed by atoms with Crippen LogP contribution in [0, 0.1) is 6.92 Å². The van der Waals surface area contributed by atoms with E-state index < -0.39 is 9.84 Å². The number of benzene rings is 2. The van der Waals surface area contributed by atoms with Crippen LogP contribution in [0.5, 0.6) is 11.5 Å². The predicted molar refractivity (Wildman–Crippen MR) is 137 cm³/mol. The van der Waals surface area contributed by atoms with E-state index in [1.54, 1.807) is 41.6 Å². The number of anilines is 1. The number of carbonyl (C=O) groups is 1. The van der Waals surface area contributed by atoms with E-state index >= 15 is 0 Å². The van der Waals surface area contributed by atoms with Gasteiger partial charge in [0, 0.05) is 50.2 Å². The molecule has 0 bridgehead atoms. The Morgan fingerprint density at radius 3 is 2.31 bits per heavy atom. The number of aryl methyl sites for hydroxylation is 1. The minimum Gasteiger partial charge on any atom is -0.495 e. The van der Waals surface area contributed by atoms with E-state index in [0.29, 0.717) is 49.0 Å². The molecule has 0 unspecified atom stereocenters. The van der Waals surface area contributed by atoms with Gasteiger partial charge < -0.3 is 19.3 Å². The number of methoxy groups -OCH3 is 2. The van der Waals surface area contributed by atoms with Crippen molar-refractivity contribution in [3.63, 3.8) is 0 Å². The molecule has 1 aromatic heterocycles. The molecule has 1 amide bonds. The highest BCUT2D eigenvalue weighted by Crippen LogP contribution is 2.36. The molecule has 2 heterocycles. The highest BCUT2D eigenvalue weighted by molar-refractivity contribution is 7.90. The molecule has 1 aliphatic heterocycles. The monoisotopic (exact) mass is 530 g/mol. The summed E-state index contributed by atoms with van der Waals surface area (Å²) in [5.41, 5.74) is 1.75. The van der Waals surface area contributed by atoms with Crippen molar-refractivity contribution < 1.29 is 22.7 Å². The number of ether oxygens (including phenoxy) is 2. The molecule has 3 aromatic rings. The summed E-state index contributed by atoms with van der Waals surface area (Å²) in [5.74, 6) is 0.646. The normalized spacial score (nSPS) is 14.0. The second kappa shape index (κ2) is 10.7. The van der Waals surface area contributed by atoms with Gasteiger partial charge in [-0.25, -0.2) is 18.4 Å². The maximum absolute atomic E-state index is 13.3. The van der Waals surface area contributed by atoms with Crippen molar-refractivity contribution in [3.8, 4) is 11.5 Å². The van der Waals surface area contributed by atoms with E-state index in [0.717, 1.165) is 5.56 Å². The highest BCUT2D eigenvalue weighted by Gasteiger charge is 2.26. The van der Waals surface area contributed by atoms with Gasteiger partial charge in [-0.15, -0.1) is 0 Å². The fourth-order valence-corrected chi connectivity index (χ4v) is 5.92. The second-order valence-electron chi connectivity index (χ2n) is 8.37. The van der Waals surface area contributed by atoms with Gasteiger partial charge in [0.15, 0.2) is 9.84 Å². The van der Waals surface area contributed by atoms with Crippen LogP contribution in [0.3, 0.4) is 0 Å². The largest absolute Gasteiger partial charge is 0.495 e. The number of nitrogens with zero attached hydrogens (tertiary/aromatic N) is 4. The van der Waals surface area contributed by atoms with Crippen LogP contribution in [0.25, 0.3) is 0 Å². The number of halogens is 1. The number of hydrogen-bond donors (Lipinski definition) is 0. The van der Waals surface area contributed by atoms with Crippen LogP contribution in [0.15, 0.2) is 53.7 Å². The Hall–Kier alpha value is -3.37. The lowest BCUT2D eigenvalue weighted by molar-refractivity contribution is 0.0745. The van der Waals surface area contributed by atoms with Gasteiger partial charge in [-0.1, -0.05) is 23.7 Å². The maximum atomic E-state index is 13.3. The smallest absolute Gasteiger partial charge is 0.254 e. The standard InChI is InChI=1S/C25H27ClN4O5S/c1-17-5-6-18(16-36(32,33)23-14-20(26)21(34-2)15-22(23)35-3)13-19(17)24(31)29-9-11-30(12-10-29)25-27-7-4-8-28-25/h4-8,13-15H,9-12,16H2,1-3H3. The summed E-state index contributed by atoms with van der Waals surface area (Å²) in [7, 11) is -1.01. The van der Waals surface area contributed by atoms with Crippen LogP contribution in [0.2, 0.25) is 5.02 Å². The molecule has 11 heteroatoms. The van der Waals surface area contributed by atoms with Crippen molar-refractivity contribution in [1.29, 1.82) is 0 Å². The molecule has 0 atom stereocenters. The fraction of sp³-hybridized carbons (Fsp3) is 0.320. The van der Waals surface area contributed by atoms with Crippen molar-refractivity contribution in [1.82, 2.24) is 14.9 Å². The number of piperazine rings is 1. The first kappa shape index (κ1) is 25.7. The van der Waals surface area contributed by atoms with E-state index in [2.05, 4.69) is 9.97 Å². The average molecular weight is 531 g/mol. The zero-order valence-corrected chi connectivity index (χ0v) is 21.8. The number of aromatic nitrogens is 2. The van der Waals surface area contributed by atoms with Crippen LogP contribution in [0.1, 0.15) is 21.5 Å². The van der Waals surface area contributed by atoms with Crippen LogP contribution in [-0.4, -0.2) is 69.6 Å². The van der Waals surface area contributed by atoms with Gasteiger partial charge in [-0.3, -0.25) is 4.79 Å². The molecule has 0 aliphatic carbocycles. The number of amides is 1. The van der Waals surface area contributed by atoms with Crippen LogP contribution in [-0.2, 0) is 15.6 Å². The molecule has 1 saturated heterocycles. The van der Waals surface area contributed by atoms with E-state index in [-0.39, 0.29) is 27.3 Å². The van der Waals surface area contributed by atoms with E-state index in [1.165, 1.54) is 26.4 Å². The van der Waals surface area contributed by atoms with Gasteiger partial charge in [0.05, 0.1) is 25.0 Å². The zero-order valence-electron chi connectivity index (χ0n) is 20.3. The molecule has 4 rings (SSSR count). The molecule has 190 valence electrons. The summed E-state index contributed by atoms with van der Waals surface area (Å²) >= 11 is 6.18. The lowest BCUT2D eigenvalue weighted by Crippen LogP contribution is -2.49. The van der Waals surface area contributed by atoms with Gasteiger partial charge in [-0.05, 0) is 36.2 Å². The minimum atomic E-state index is -3.83. The molecule has 1 aliphatic rings. The summed E-state index contributed by atoms with van der Waals surface area (Å²) in [6.45, 7) is 4.09. The van der Waals surface area contributed by atoms with Crippen LogP contribution < -0.4 is 14.4 Å². The van der Waals surface area contributed by atoms with E-state index in [1.807, 2.05) is 11.8 Å². The van der Waals surface area contributed by atoms with Crippen molar-refractivity contribution in [2.24, 2.45) is 0 Å². The average Bonchev–Trinajstić information content (AvgIpc) is 2.89. The Labute approximate surface area is 215 Å². The quantitative estimate of drug-likeness (QED) is 0.458. The summed E-state index contributed by atoms with van der Waals surface area (Å²) < 4.78 is 37.0. The Morgan fingerprint density at radius 2 is 1.67 bits per heavy atom. The van der Waals surface area contributed by atoms with Gasteiger partial charge in [0.1, 0.15) is 16.4 Å². The fourth-order valence-electron chi connectivity index (χ4n) is 4.10. The third-order valence-corrected chi connectivity index (χ3v) is 8.06. The molecule has 2 aromatic carbocycles. The van der Waals surface area contributed by atoms with Gasteiger partial charge >= 0.3 is 0 Å². The molecule has 0 radical (unpaired) electrons.